The summed E-state index contributed by atoms with van der Waals surface area (Å²) in [6.45, 7) is 4.85. The molecule has 0 bridgehead atoms. The first-order valence-electron chi connectivity index (χ1n) is 9.10. The van der Waals surface area contributed by atoms with Gasteiger partial charge in [0, 0.05) is 13.1 Å². The van der Waals surface area contributed by atoms with E-state index in [-0.39, 0.29) is 12.1 Å². The standard InChI is InChI=1S/C18H29N3O3/c1-14-6-7-16(24-14)15(21-10-4-5-11-21)12-19-17(22)20-13-18(23)8-2-3-9-18/h6-7,15,23H,2-5,8-13H2,1H3,(H2,19,20,22). The summed E-state index contributed by atoms with van der Waals surface area (Å²) in [4.78, 5) is 14.5. The van der Waals surface area contributed by atoms with Gasteiger partial charge in [0.15, 0.2) is 0 Å². The van der Waals surface area contributed by atoms with Gasteiger partial charge < -0.3 is 20.2 Å². The molecule has 6 nitrogen and oxygen atoms in total. The van der Waals surface area contributed by atoms with E-state index in [9.17, 15) is 9.90 Å². The number of hydrogen-bond acceptors (Lipinski definition) is 4. The smallest absolute Gasteiger partial charge is 0.314 e. The highest BCUT2D eigenvalue weighted by atomic mass is 16.3. The van der Waals surface area contributed by atoms with Gasteiger partial charge in [-0.25, -0.2) is 4.79 Å². The SMILES string of the molecule is Cc1ccc(C(CNC(=O)NCC2(O)CCCC2)N2CCCC2)o1. The van der Waals surface area contributed by atoms with E-state index in [2.05, 4.69) is 15.5 Å². The maximum absolute atomic E-state index is 12.1. The zero-order valence-electron chi connectivity index (χ0n) is 14.5. The van der Waals surface area contributed by atoms with Gasteiger partial charge in [0.2, 0.25) is 0 Å². The van der Waals surface area contributed by atoms with Crippen molar-refractivity contribution in [1.82, 2.24) is 15.5 Å². The quantitative estimate of drug-likeness (QED) is 0.746. The molecule has 1 saturated heterocycles. The fraction of sp³-hybridized carbons (Fsp3) is 0.722. The summed E-state index contributed by atoms with van der Waals surface area (Å²) in [6.07, 6.45) is 6.00. The molecule has 1 aliphatic carbocycles. The minimum absolute atomic E-state index is 0.0708. The first-order chi connectivity index (χ1) is 11.6. The molecule has 1 aliphatic heterocycles. The van der Waals surface area contributed by atoms with Gasteiger partial charge in [-0.2, -0.15) is 0 Å². The van der Waals surface area contributed by atoms with Crippen molar-refractivity contribution < 1.29 is 14.3 Å². The van der Waals surface area contributed by atoms with Gasteiger partial charge in [-0.3, -0.25) is 4.90 Å². The molecule has 2 amide bonds. The van der Waals surface area contributed by atoms with Gasteiger partial charge in [-0.15, -0.1) is 0 Å². The van der Waals surface area contributed by atoms with Crippen LogP contribution < -0.4 is 10.6 Å². The molecular weight excluding hydrogens is 306 g/mol. The molecule has 0 radical (unpaired) electrons. The molecular formula is C18H29N3O3. The number of nitrogens with one attached hydrogen (secondary N) is 2. The predicted octanol–water partition coefficient (Wildman–Crippen LogP) is 2.33. The number of amides is 2. The highest BCUT2D eigenvalue weighted by Gasteiger charge is 2.31. The van der Waals surface area contributed by atoms with Crippen LogP contribution in [-0.4, -0.2) is 47.8 Å². The molecule has 0 spiro atoms. The average Bonchev–Trinajstić information content (AvgIpc) is 3.29. The molecule has 1 saturated carbocycles. The van der Waals surface area contributed by atoms with Gasteiger partial charge >= 0.3 is 6.03 Å². The molecule has 1 unspecified atom stereocenters. The molecule has 0 aromatic carbocycles. The Labute approximate surface area is 143 Å². The number of likely N-dealkylation sites (tertiary alicyclic amines) is 1. The predicted molar refractivity (Wildman–Crippen MR) is 91.8 cm³/mol. The molecule has 2 aliphatic rings. The summed E-state index contributed by atoms with van der Waals surface area (Å²) in [5, 5.41) is 16.1. The van der Waals surface area contributed by atoms with E-state index in [0.717, 1.165) is 50.3 Å². The minimum atomic E-state index is -0.718. The third-order valence-electron chi connectivity index (χ3n) is 5.24. The Balaban J connectivity index is 1.52. The highest BCUT2D eigenvalue weighted by Crippen LogP contribution is 2.28. The molecule has 6 heteroatoms. The van der Waals surface area contributed by atoms with E-state index in [1.807, 2.05) is 19.1 Å². The zero-order valence-corrected chi connectivity index (χ0v) is 14.5. The summed E-state index contributed by atoms with van der Waals surface area (Å²) >= 11 is 0. The summed E-state index contributed by atoms with van der Waals surface area (Å²) in [6, 6.07) is 3.82. The summed E-state index contributed by atoms with van der Waals surface area (Å²) < 4.78 is 5.79. The summed E-state index contributed by atoms with van der Waals surface area (Å²) in [5.41, 5.74) is -0.718. The van der Waals surface area contributed by atoms with Crippen LogP contribution in [0.3, 0.4) is 0 Å². The molecule has 2 heterocycles. The maximum atomic E-state index is 12.1. The number of hydrogen-bond donors (Lipinski definition) is 3. The summed E-state index contributed by atoms with van der Waals surface area (Å²) in [5.74, 6) is 1.80. The number of rotatable bonds is 6. The van der Waals surface area contributed by atoms with Crippen molar-refractivity contribution in [1.29, 1.82) is 0 Å². The number of nitrogens with zero attached hydrogens (tertiary/aromatic N) is 1. The van der Waals surface area contributed by atoms with E-state index in [1.54, 1.807) is 0 Å². The number of furan rings is 1. The topological polar surface area (TPSA) is 77.7 Å². The lowest BCUT2D eigenvalue weighted by atomic mass is 10.0. The lowest BCUT2D eigenvalue weighted by molar-refractivity contribution is 0.0500. The van der Waals surface area contributed by atoms with Gasteiger partial charge in [0.25, 0.3) is 0 Å². The van der Waals surface area contributed by atoms with Gasteiger partial charge in [-0.1, -0.05) is 12.8 Å². The van der Waals surface area contributed by atoms with E-state index in [0.29, 0.717) is 13.1 Å². The Morgan fingerprint density at radius 1 is 1.25 bits per heavy atom. The van der Waals surface area contributed by atoms with Crippen molar-refractivity contribution in [3.05, 3.63) is 23.7 Å². The Hall–Kier alpha value is -1.53. The van der Waals surface area contributed by atoms with Crippen molar-refractivity contribution in [3.63, 3.8) is 0 Å². The monoisotopic (exact) mass is 335 g/mol. The Morgan fingerprint density at radius 3 is 2.58 bits per heavy atom. The number of aryl methyl sites for hydroxylation is 1. The van der Waals surface area contributed by atoms with Crippen LogP contribution in [0.4, 0.5) is 4.79 Å². The number of urea groups is 1. The Morgan fingerprint density at radius 2 is 1.96 bits per heavy atom. The van der Waals surface area contributed by atoms with Crippen LogP contribution in [0.5, 0.6) is 0 Å². The second-order valence-corrected chi connectivity index (χ2v) is 7.20. The van der Waals surface area contributed by atoms with Crippen molar-refractivity contribution in [3.8, 4) is 0 Å². The molecule has 1 atom stereocenters. The third kappa shape index (κ3) is 4.30. The molecule has 3 N–H and O–H groups in total. The van der Waals surface area contributed by atoms with E-state index in [1.165, 1.54) is 12.8 Å². The van der Waals surface area contributed by atoms with Gasteiger partial charge in [-0.05, 0) is 57.8 Å². The van der Waals surface area contributed by atoms with Crippen LogP contribution in [0.25, 0.3) is 0 Å². The van der Waals surface area contributed by atoms with E-state index < -0.39 is 5.60 Å². The zero-order chi connectivity index (χ0) is 17.0. The van der Waals surface area contributed by atoms with Crippen molar-refractivity contribution in [2.75, 3.05) is 26.2 Å². The van der Waals surface area contributed by atoms with Crippen molar-refractivity contribution >= 4 is 6.03 Å². The molecule has 2 fully saturated rings. The molecule has 134 valence electrons. The van der Waals surface area contributed by atoms with Gasteiger partial charge in [0.05, 0.1) is 11.6 Å². The normalized spacial score (nSPS) is 21.8. The molecule has 3 rings (SSSR count). The second kappa shape index (κ2) is 7.57. The largest absolute Gasteiger partial charge is 0.465 e. The number of aliphatic hydroxyl groups is 1. The van der Waals surface area contributed by atoms with Crippen LogP contribution in [0.15, 0.2) is 16.5 Å². The Kier molecular flexibility index (Phi) is 5.46. The minimum Gasteiger partial charge on any atom is -0.465 e. The molecule has 24 heavy (non-hydrogen) atoms. The molecule has 1 aromatic heterocycles. The van der Waals surface area contributed by atoms with Crippen molar-refractivity contribution in [2.45, 2.75) is 57.1 Å². The third-order valence-corrected chi connectivity index (χ3v) is 5.24. The van der Waals surface area contributed by atoms with Crippen LogP contribution in [0.1, 0.15) is 56.1 Å². The number of carbonyl (C=O) groups is 1. The first kappa shape index (κ1) is 17.3. The Bertz CT molecular complexity index is 545. The lowest BCUT2D eigenvalue weighted by Gasteiger charge is -2.27. The second-order valence-electron chi connectivity index (χ2n) is 7.20. The average molecular weight is 335 g/mol. The number of carbonyl (C=O) groups excluding carboxylic acids is 1. The first-order valence-corrected chi connectivity index (χ1v) is 9.10. The van der Waals surface area contributed by atoms with E-state index in [4.69, 9.17) is 4.42 Å². The molecule has 1 aromatic rings. The van der Waals surface area contributed by atoms with Crippen LogP contribution in [0.2, 0.25) is 0 Å². The maximum Gasteiger partial charge on any atom is 0.314 e. The van der Waals surface area contributed by atoms with Crippen LogP contribution >= 0.6 is 0 Å². The van der Waals surface area contributed by atoms with Crippen LogP contribution in [-0.2, 0) is 0 Å². The fourth-order valence-electron chi connectivity index (χ4n) is 3.80. The highest BCUT2D eigenvalue weighted by molar-refractivity contribution is 5.73. The van der Waals surface area contributed by atoms with Crippen molar-refractivity contribution in [2.24, 2.45) is 0 Å². The fourth-order valence-corrected chi connectivity index (χ4v) is 3.80. The van der Waals surface area contributed by atoms with E-state index >= 15 is 0 Å². The van der Waals surface area contributed by atoms with Gasteiger partial charge in [0.1, 0.15) is 11.5 Å². The van der Waals surface area contributed by atoms with Crippen LogP contribution in [0, 0.1) is 6.92 Å². The lowest BCUT2D eigenvalue weighted by Crippen LogP contribution is -2.47. The summed E-state index contributed by atoms with van der Waals surface area (Å²) in [7, 11) is 0.